The first-order valence-electron chi connectivity index (χ1n) is 9.68. The molecule has 1 aromatic rings. The van der Waals surface area contributed by atoms with Gasteiger partial charge in [-0.2, -0.15) is 0 Å². The molecule has 0 bridgehead atoms. The zero-order valence-electron chi connectivity index (χ0n) is 16.2. The standard InChI is InChI=1S/C20H31N3O3/c1-20(2,3)26-14-13-25-18-8-7-16(15-21-18)19(24)23-11-9-22(10-12-23)17-5-4-6-17/h7-8,15,17H,4-6,9-14H2,1-3H3. The highest BCUT2D eigenvalue weighted by Gasteiger charge is 2.29. The van der Waals surface area contributed by atoms with Crippen LogP contribution < -0.4 is 4.74 Å². The van der Waals surface area contributed by atoms with Gasteiger partial charge in [0.05, 0.1) is 17.8 Å². The molecule has 6 nitrogen and oxygen atoms in total. The lowest BCUT2D eigenvalue weighted by atomic mass is 9.91. The number of hydrogen-bond donors (Lipinski definition) is 0. The lowest BCUT2D eigenvalue weighted by Crippen LogP contribution is -2.53. The molecule has 1 amide bonds. The van der Waals surface area contributed by atoms with Gasteiger partial charge >= 0.3 is 0 Å². The summed E-state index contributed by atoms with van der Waals surface area (Å²) < 4.78 is 11.2. The third-order valence-electron chi connectivity index (χ3n) is 5.04. The normalized spacial score (nSPS) is 19.3. The number of aromatic nitrogens is 1. The summed E-state index contributed by atoms with van der Waals surface area (Å²) in [4.78, 5) is 21.4. The van der Waals surface area contributed by atoms with E-state index in [-0.39, 0.29) is 11.5 Å². The van der Waals surface area contributed by atoms with Crippen molar-refractivity contribution in [3.05, 3.63) is 23.9 Å². The van der Waals surface area contributed by atoms with E-state index in [0.717, 1.165) is 32.2 Å². The van der Waals surface area contributed by atoms with Gasteiger partial charge in [0.25, 0.3) is 5.91 Å². The van der Waals surface area contributed by atoms with Crippen LogP contribution in [0.3, 0.4) is 0 Å². The predicted molar refractivity (Wildman–Crippen MR) is 101 cm³/mol. The highest BCUT2D eigenvalue weighted by Crippen LogP contribution is 2.25. The Balaban J connectivity index is 1.43. The molecular weight excluding hydrogens is 330 g/mol. The Bertz CT molecular complexity index is 585. The maximum atomic E-state index is 12.6. The van der Waals surface area contributed by atoms with Crippen LogP contribution >= 0.6 is 0 Å². The number of hydrogen-bond acceptors (Lipinski definition) is 5. The van der Waals surface area contributed by atoms with Gasteiger partial charge in [0.2, 0.25) is 5.88 Å². The smallest absolute Gasteiger partial charge is 0.255 e. The van der Waals surface area contributed by atoms with Crippen molar-refractivity contribution in [3.63, 3.8) is 0 Å². The largest absolute Gasteiger partial charge is 0.475 e. The Morgan fingerprint density at radius 2 is 1.88 bits per heavy atom. The molecule has 0 aromatic carbocycles. The summed E-state index contributed by atoms with van der Waals surface area (Å²) in [7, 11) is 0. The number of carbonyl (C=O) groups is 1. The first-order chi connectivity index (χ1) is 12.4. The Labute approximate surface area is 156 Å². The molecule has 6 heteroatoms. The van der Waals surface area contributed by atoms with Crippen LogP contribution in [0, 0.1) is 0 Å². The second kappa shape index (κ2) is 8.35. The minimum atomic E-state index is -0.171. The summed E-state index contributed by atoms with van der Waals surface area (Å²) in [6, 6.07) is 4.32. The topological polar surface area (TPSA) is 54.9 Å². The summed E-state index contributed by atoms with van der Waals surface area (Å²) in [6.07, 6.45) is 5.60. The Morgan fingerprint density at radius 3 is 2.42 bits per heavy atom. The van der Waals surface area contributed by atoms with Gasteiger partial charge in [-0.15, -0.1) is 0 Å². The summed E-state index contributed by atoms with van der Waals surface area (Å²) in [5, 5.41) is 0. The van der Waals surface area contributed by atoms with Gasteiger partial charge in [-0.3, -0.25) is 9.69 Å². The van der Waals surface area contributed by atoms with Crippen molar-refractivity contribution in [1.82, 2.24) is 14.8 Å². The van der Waals surface area contributed by atoms with E-state index in [4.69, 9.17) is 9.47 Å². The van der Waals surface area contributed by atoms with Crippen LogP contribution in [0.2, 0.25) is 0 Å². The molecule has 0 spiro atoms. The van der Waals surface area contributed by atoms with Crippen molar-refractivity contribution in [2.45, 2.75) is 51.7 Å². The number of pyridine rings is 1. The SMILES string of the molecule is CC(C)(C)OCCOc1ccc(C(=O)N2CCN(C3CCC3)CC2)cn1. The number of amides is 1. The van der Waals surface area contributed by atoms with Crippen LogP contribution in [0.4, 0.5) is 0 Å². The fourth-order valence-electron chi connectivity index (χ4n) is 3.31. The lowest BCUT2D eigenvalue weighted by Gasteiger charge is -2.42. The van der Waals surface area contributed by atoms with Crippen LogP contribution in [0.1, 0.15) is 50.4 Å². The number of carbonyl (C=O) groups excluding carboxylic acids is 1. The van der Waals surface area contributed by atoms with Crippen LogP contribution in [-0.2, 0) is 4.74 Å². The van der Waals surface area contributed by atoms with Crippen LogP contribution in [0.25, 0.3) is 0 Å². The van der Waals surface area contributed by atoms with E-state index in [0.29, 0.717) is 24.7 Å². The van der Waals surface area contributed by atoms with Crippen molar-refractivity contribution in [2.75, 3.05) is 39.4 Å². The first kappa shape index (κ1) is 19.1. The third kappa shape index (κ3) is 5.17. The quantitative estimate of drug-likeness (QED) is 0.729. The van der Waals surface area contributed by atoms with Crippen molar-refractivity contribution in [3.8, 4) is 5.88 Å². The average Bonchev–Trinajstić information content (AvgIpc) is 2.57. The molecular formula is C20H31N3O3. The maximum Gasteiger partial charge on any atom is 0.255 e. The second-order valence-corrected chi connectivity index (χ2v) is 8.11. The van der Waals surface area contributed by atoms with Crippen molar-refractivity contribution in [2.24, 2.45) is 0 Å². The zero-order valence-corrected chi connectivity index (χ0v) is 16.2. The minimum Gasteiger partial charge on any atom is -0.475 e. The molecule has 3 rings (SSSR count). The average molecular weight is 361 g/mol. The maximum absolute atomic E-state index is 12.6. The zero-order chi connectivity index (χ0) is 18.6. The monoisotopic (exact) mass is 361 g/mol. The number of piperazine rings is 1. The van der Waals surface area contributed by atoms with Gasteiger partial charge < -0.3 is 14.4 Å². The number of ether oxygens (including phenoxy) is 2. The molecule has 0 unspecified atom stereocenters. The fourth-order valence-corrected chi connectivity index (χ4v) is 3.31. The first-order valence-corrected chi connectivity index (χ1v) is 9.68. The summed E-state index contributed by atoms with van der Waals surface area (Å²) in [5.41, 5.74) is 0.454. The molecule has 2 fully saturated rings. The molecule has 1 aliphatic heterocycles. The lowest BCUT2D eigenvalue weighted by molar-refractivity contribution is -0.0168. The molecule has 144 valence electrons. The molecule has 1 saturated heterocycles. The van der Waals surface area contributed by atoms with E-state index in [9.17, 15) is 4.79 Å². The highest BCUT2D eigenvalue weighted by molar-refractivity contribution is 5.94. The van der Waals surface area contributed by atoms with Gasteiger partial charge in [0, 0.05) is 44.5 Å². The van der Waals surface area contributed by atoms with Crippen LogP contribution in [-0.4, -0.2) is 71.7 Å². The summed E-state index contributed by atoms with van der Waals surface area (Å²) in [6.45, 7) is 10.6. The van der Waals surface area contributed by atoms with Gasteiger partial charge in [-0.1, -0.05) is 6.42 Å². The van der Waals surface area contributed by atoms with E-state index in [1.54, 1.807) is 18.3 Å². The van der Waals surface area contributed by atoms with E-state index in [1.807, 2.05) is 25.7 Å². The molecule has 26 heavy (non-hydrogen) atoms. The van der Waals surface area contributed by atoms with E-state index in [1.165, 1.54) is 19.3 Å². The molecule has 1 aliphatic carbocycles. The summed E-state index contributed by atoms with van der Waals surface area (Å²) >= 11 is 0. The number of rotatable bonds is 6. The third-order valence-corrected chi connectivity index (χ3v) is 5.04. The van der Waals surface area contributed by atoms with E-state index in [2.05, 4.69) is 9.88 Å². The molecule has 1 saturated carbocycles. The van der Waals surface area contributed by atoms with Crippen molar-refractivity contribution in [1.29, 1.82) is 0 Å². The Hall–Kier alpha value is -1.66. The summed E-state index contributed by atoms with van der Waals surface area (Å²) in [5.74, 6) is 0.585. The van der Waals surface area contributed by atoms with Gasteiger partial charge in [0.1, 0.15) is 6.61 Å². The molecule has 1 aromatic heterocycles. The van der Waals surface area contributed by atoms with Gasteiger partial charge in [-0.25, -0.2) is 4.98 Å². The number of nitrogens with zero attached hydrogens (tertiary/aromatic N) is 3. The Morgan fingerprint density at radius 1 is 1.15 bits per heavy atom. The molecule has 2 heterocycles. The van der Waals surface area contributed by atoms with Gasteiger partial charge in [0.15, 0.2) is 0 Å². The van der Waals surface area contributed by atoms with E-state index >= 15 is 0 Å². The molecule has 0 radical (unpaired) electrons. The fraction of sp³-hybridized carbons (Fsp3) is 0.700. The van der Waals surface area contributed by atoms with Crippen LogP contribution in [0.15, 0.2) is 18.3 Å². The second-order valence-electron chi connectivity index (χ2n) is 8.11. The van der Waals surface area contributed by atoms with E-state index < -0.39 is 0 Å². The van der Waals surface area contributed by atoms with Gasteiger partial charge in [-0.05, 0) is 39.7 Å². The van der Waals surface area contributed by atoms with Crippen molar-refractivity contribution < 1.29 is 14.3 Å². The van der Waals surface area contributed by atoms with Crippen molar-refractivity contribution >= 4 is 5.91 Å². The minimum absolute atomic E-state index is 0.0633. The highest BCUT2D eigenvalue weighted by atomic mass is 16.5. The van der Waals surface area contributed by atoms with Crippen LogP contribution in [0.5, 0.6) is 5.88 Å². The predicted octanol–water partition coefficient (Wildman–Crippen LogP) is 2.59. The molecule has 0 atom stereocenters. The molecule has 0 N–H and O–H groups in total. The Kier molecular flexibility index (Phi) is 6.14. The molecule has 2 aliphatic rings.